The lowest BCUT2D eigenvalue weighted by Gasteiger charge is -2.32. The number of rotatable bonds is 7. The molecule has 0 N–H and O–H groups in total. The highest BCUT2D eigenvalue weighted by atomic mass is 32.2. The molecule has 0 aromatic heterocycles. The third-order valence-corrected chi connectivity index (χ3v) is 13.3. The molecule has 4 aliphatic rings. The van der Waals surface area contributed by atoms with Crippen LogP contribution in [0.25, 0.3) is 0 Å². The summed E-state index contributed by atoms with van der Waals surface area (Å²) in [5, 5.41) is 0. The standard InChI is InChI=1S/C36H50O6S2/c37-43(38,39)35-23-22-34(30-20-12-1-2-13-21-31(30)35)42-44(40,41)36-32(27-16-8-4-9-17-27)24-29(26-14-6-3-7-15-26)25-33(36)28-18-10-5-11-19-28/h22-28H,1-21H2,(H,37,38,39)/p-1. The fourth-order valence-electron chi connectivity index (χ4n) is 8.72. The van der Waals surface area contributed by atoms with Gasteiger partial charge in [0, 0.05) is 5.56 Å². The summed E-state index contributed by atoms with van der Waals surface area (Å²) in [6.45, 7) is 0. The van der Waals surface area contributed by atoms with Gasteiger partial charge in [-0.05, 0) is 116 Å². The first kappa shape index (κ1) is 32.1. The molecule has 6 rings (SSSR count). The van der Waals surface area contributed by atoms with Crippen LogP contribution in [-0.2, 0) is 33.1 Å². The average molecular weight is 642 g/mol. The van der Waals surface area contributed by atoms with Crippen molar-refractivity contribution < 1.29 is 25.6 Å². The molecule has 0 bridgehead atoms. The molecule has 0 radical (unpaired) electrons. The molecule has 0 atom stereocenters. The molecule has 2 aromatic carbocycles. The van der Waals surface area contributed by atoms with Gasteiger partial charge in [-0.1, -0.05) is 82.8 Å². The molecule has 0 saturated heterocycles. The van der Waals surface area contributed by atoms with Gasteiger partial charge >= 0.3 is 10.1 Å². The number of benzene rings is 2. The van der Waals surface area contributed by atoms with Gasteiger partial charge in [-0.15, -0.1) is 0 Å². The highest BCUT2D eigenvalue weighted by molar-refractivity contribution is 7.87. The van der Waals surface area contributed by atoms with Crippen LogP contribution in [0.4, 0.5) is 0 Å². The summed E-state index contributed by atoms with van der Waals surface area (Å²) in [4.78, 5) is 0.151. The van der Waals surface area contributed by atoms with E-state index in [2.05, 4.69) is 12.1 Å². The largest absolute Gasteiger partial charge is 0.744 e. The van der Waals surface area contributed by atoms with E-state index in [0.29, 0.717) is 34.8 Å². The van der Waals surface area contributed by atoms with E-state index in [1.807, 2.05) is 0 Å². The number of hydrogen-bond donors (Lipinski definition) is 0. The van der Waals surface area contributed by atoms with Crippen LogP contribution in [0.2, 0.25) is 0 Å². The molecule has 4 aliphatic carbocycles. The lowest BCUT2D eigenvalue weighted by atomic mass is 9.76. The van der Waals surface area contributed by atoms with E-state index in [0.717, 1.165) is 101 Å². The minimum Gasteiger partial charge on any atom is -0.744 e. The normalized spacial score (nSPS) is 21.8. The van der Waals surface area contributed by atoms with Crippen molar-refractivity contribution in [1.29, 1.82) is 0 Å². The van der Waals surface area contributed by atoms with Crippen LogP contribution < -0.4 is 4.18 Å². The molecule has 0 unspecified atom stereocenters. The molecule has 0 aliphatic heterocycles. The van der Waals surface area contributed by atoms with E-state index in [4.69, 9.17) is 4.18 Å². The molecule has 2 aromatic rings. The molecular weight excluding hydrogens is 593 g/mol. The van der Waals surface area contributed by atoms with Crippen molar-refractivity contribution in [3.63, 3.8) is 0 Å². The Morgan fingerprint density at radius 2 is 1.02 bits per heavy atom. The molecule has 0 spiro atoms. The van der Waals surface area contributed by atoms with Gasteiger partial charge in [-0.25, -0.2) is 8.42 Å². The summed E-state index contributed by atoms with van der Waals surface area (Å²) in [6.07, 6.45) is 21.2. The first-order valence-electron chi connectivity index (χ1n) is 17.5. The van der Waals surface area contributed by atoms with Gasteiger partial charge < -0.3 is 8.74 Å². The van der Waals surface area contributed by atoms with Crippen molar-refractivity contribution in [2.24, 2.45) is 0 Å². The van der Waals surface area contributed by atoms with Gasteiger partial charge in [0.05, 0.1) is 4.90 Å². The first-order valence-corrected chi connectivity index (χ1v) is 20.3. The van der Waals surface area contributed by atoms with E-state index >= 15 is 0 Å². The minimum absolute atomic E-state index is 0.190. The lowest BCUT2D eigenvalue weighted by molar-refractivity contribution is 0.414. The van der Waals surface area contributed by atoms with Crippen molar-refractivity contribution in [3.8, 4) is 5.75 Å². The molecule has 3 fully saturated rings. The third-order valence-electron chi connectivity index (χ3n) is 11.0. The third kappa shape index (κ3) is 7.07. The summed E-state index contributed by atoms with van der Waals surface area (Å²) < 4.78 is 72.3. The Bertz CT molecular complexity index is 1490. The van der Waals surface area contributed by atoms with Gasteiger partial charge in [0.25, 0.3) is 0 Å². The van der Waals surface area contributed by atoms with Gasteiger partial charge in [0.2, 0.25) is 0 Å². The van der Waals surface area contributed by atoms with E-state index in [-0.39, 0.29) is 22.5 Å². The molecule has 44 heavy (non-hydrogen) atoms. The van der Waals surface area contributed by atoms with Crippen LogP contribution in [-0.4, -0.2) is 21.4 Å². The maximum atomic E-state index is 14.7. The maximum Gasteiger partial charge on any atom is 0.339 e. The van der Waals surface area contributed by atoms with Crippen molar-refractivity contribution >= 4 is 20.2 Å². The van der Waals surface area contributed by atoms with Gasteiger partial charge in [-0.2, -0.15) is 8.42 Å². The van der Waals surface area contributed by atoms with Crippen molar-refractivity contribution in [2.75, 3.05) is 0 Å². The Morgan fingerprint density at radius 1 is 0.568 bits per heavy atom. The summed E-state index contributed by atoms with van der Waals surface area (Å²) in [5.74, 6) is 1.05. The highest BCUT2D eigenvalue weighted by Gasteiger charge is 2.35. The number of fused-ring (bicyclic) bond motifs is 1. The Labute approximate surface area is 265 Å². The van der Waals surface area contributed by atoms with Crippen LogP contribution in [0.1, 0.15) is 168 Å². The molecule has 3 saturated carbocycles. The fraction of sp³-hybridized carbons (Fsp3) is 0.667. The zero-order valence-corrected chi connectivity index (χ0v) is 27.8. The molecule has 8 heteroatoms. The molecule has 242 valence electrons. The zero-order chi connectivity index (χ0) is 30.7. The Balaban J connectivity index is 1.50. The summed E-state index contributed by atoms with van der Waals surface area (Å²) >= 11 is 0. The second-order valence-corrected chi connectivity index (χ2v) is 16.8. The lowest BCUT2D eigenvalue weighted by Crippen LogP contribution is -2.22. The van der Waals surface area contributed by atoms with E-state index in [9.17, 15) is 21.4 Å². The number of hydrogen-bond acceptors (Lipinski definition) is 6. The monoisotopic (exact) mass is 641 g/mol. The second-order valence-electron chi connectivity index (χ2n) is 14.0. The Morgan fingerprint density at radius 3 is 1.52 bits per heavy atom. The van der Waals surface area contributed by atoms with Crippen LogP contribution in [0.5, 0.6) is 5.75 Å². The first-order chi connectivity index (χ1) is 21.2. The van der Waals surface area contributed by atoms with Crippen molar-refractivity contribution in [3.05, 3.63) is 52.1 Å². The van der Waals surface area contributed by atoms with Gasteiger partial charge in [0.1, 0.15) is 20.8 Å². The van der Waals surface area contributed by atoms with Crippen LogP contribution in [0.3, 0.4) is 0 Å². The van der Waals surface area contributed by atoms with Crippen molar-refractivity contribution in [1.82, 2.24) is 0 Å². The van der Waals surface area contributed by atoms with E-state index < -0.39 is 20.2 Å². The minimum atomic E-state index is -4.70. The summed E-state index contributed by atoms with van der Waals surface area (Å²) in [7, 11) is -8.95. The SMILES string of the molecule is O=S(=O)([O-])c1ccc(OS(=O)(=O)c2c(C3CCCCC3)cc(C3CCCCC3)cc2C2CCCCC2)c2c1CCCCCC2. The van der Waals surface area contributed by atoms with Crippen LogP contribution in [0.15, 0.2) is 34.1 Å². The Hall–Kier alpha value is -1.90. The molecule has 0 heterocycles. The fourth-order valence-corrected chi connectivity index (χ4v) is 11.0. The molecule has 6 nitrogen and oxygen atoms in total. The Kier molecular flexibility index (Phi) is 10.1. The molecular formula is C36H49O6S2-. The summed E-state index contributed by atoms with van der Waals surface area (Å²) in [5.41, 5.74) is 4.24. The predicted octanol–water partition coefficient (Wildman–Crippen LogP) is 9.16. The zero-order valence-electron chi connectivity index (χ0n) is 26.2. The molecule has 0 amide bonds. The van der Waals surface area contributed by atoms with Gasteiger partial charge in [-0.3, -0.25) is 0 Å². The quantitative estimate of drug-likeness (QED) is 0.221. The van der Waals surface area contributed by atoms with Crippen LogP contribution >= 0.6 is 0 Å². The maximum absolute atomic E-state index is 14.7. The summed E-state index contributed by atoms with van der Waals surface area (Å²) in [6, 6.07) is 7.17. The van der Waals surface area contributed by atoms with E-state index in [1.165, 1.54) is 49.8 Å². The van der Waals surface area contributed by atoms with Gasteiger partial charge in [0.15, 0.2) is 0 Å². The highest BCUT2D eigenvalue weighted by Crippen LogP contribution is 2.46. The average Bonchev–Trinajstić information content (AvgIpc) is 3.01. The van der Waals surface area contributed by atoms with Crippen LogP contribution in [0, 0.1) is 0 Å². The van der Waals surface area contributed by atoms with E-state index in [1.54, 1.807) is 0 Å². The topological polar surface area (TPSA) is 101 Å². The smallest absolute Gasteiger partial charge is 0.339 e. The predicted molar refractivity (Wildman–Crippen MR) is 172 cm³/mol. The second kappa shape index (κ2) is 13.8. The van der Waals surface area contributed by atoms with Crippen molar-refractivity contribution in [2.45, 2.75) is 162 Å².